The van der Waals surface area contributed by atoms with Crippen LogP contribution in [0.3, 0.4) is 0 Å². The van der Waals surface area contributed by atoms with Crippen LogP contribution in [0, 0.1) is 11.7 Å². The third kappa shape index (κ3) is 3.32. The van der Waals surface area contributed by atoms with Crippen molar-refractivity contribution >= 4 is 22.4 Å². The van der Waals surface area contributed by atoms with Gasteiger partial charge in [-0.3, -0.25) is 4.79 Å². The topological polar surface area (TPSA) is 54.9 Å². The largest absolute Gasteiger partial charge is 0.300 e. The van der Waals surface area contributed by atoms with Gasteiger partial charge in [-0.25, -0.2) is 4.39 Å². The maximum atomic E-state index is 13.7. The van der Waals surface area contributed by atoms with E-state index in [1.807, 2.05) is 0 Å². The van der Waals surface area contributed by atoms with Crippen LogP contribution < -0.4 is 5.32 Å². The fourth-order valence-electron chi connectivity index (χ4n) is 2.54. The van der Waals surface area contributed by atoms with Gasteiger partial charge in [-0.15, -0.1) is 10.2 Å². The summed E-state index contributed by atoms with van der Waals surface area (Å²) in [6.45, 7) is 2.12. The van der Waals surface area contributed by atoms with Crippen LogP contribution in [0.25, 0.3) is 0 Å². The highest BCUT2D eigenvalue weighted by atomic mass is 32.1. The van der Waals surface area contributed by atoms with Crippen molar-refractivity contribution in [1.82, 2.24) is 10.2 Å². The first-order chi connectivity index (χ1) is 10.7. The summed E-state index contributed by atoms with van der Waals surface area (Å²) in [6, 6.07) is 6.65. The highest BCUT2D eigenvalue weighted by Crippen LogP contribution is 2.48. The molecule has 6 heteroatoms. The highest BCUT2D eigenvalue weighted by molar-refractivity contribution is 7.15. The lowest BCUT2D eigenvalue weighted by atomic mass is 10.1. The number of benzene rings is 1. The number of halogens is 1. The molecule has 3 rings (SSSR count). The van der Waals surface area contributed by atoms with Crippen molar-refractivity contribution in [2.24, 2.45) is 5.92 Å². The Morgan fingerprint density at radius 1 is 1.41 bits per heavy atom. The van der Waals surface area contributed by atoms with Gasteiger partial charge in [0.25, 0.3) is 0 Å². The molecule has 1 aromatic heterocycles. The number of unbranched alkanes of at least 4 members (excludes halogenated alkanes) is 1. The molecule has 0 spiro atoms. The number of carbonyl (C=O) groups excluding carboxylic acids is 1. The van der Waals surface area contributed by atoms with E-state index >= 15 is 0 Å². The molecule has 0 radical (unpaired) electrons. The normalized spacial score (nSPS) is 19.9. The lowest BCUT2D eigenvalue weighted by Crippen LogP contribution is -2.14. The molecule has 2 aromatic rings. The number of rotatable bonds is 6. The Labute approximate surface area is 132 Å². The van der Waals surface area contributed by atoms with Gasteiger partial charge in [0.1, 0.15) is 10.8 Å². The van der Waals surface area contributed by atoms with Crippen LogP contribution in [0.2, 0.25) is 0 Å². The lowest BCUT2D eigenvalue weighted by Gasteiger charge is -2.02. The molecular weight excluding hydrogens is 301 g/mol. The molecule has 4 nitrogen and oxygen atoms in total. The molecule has 1 aliphatic carbocycles. The molecule has 1 saturated carbocycles. The second-order valence-corrected chi connectivity index (χ2v) is 6.63. The molecule has 0 bridgehead atoms. The molecule has 0 saturated heterocycles. The molecule has 1 heterocycles. The molecule has 1 N–H and O–H groups in total. The summed E-state index contributed by atoms with van der Waals surface area (Å²) >= 11 is 1.42. The van der Waals surface area contributed by atoms with E-state index in [1.54, 1.807) is 18.2 Å². The molecule has 0 aliphatic heterocycles. The summed E-state index contributed by atoms with van der Waals surface area (Å²) < 4.78 is 13.7. The molecule has 116 valence electrons. The summed E-state index contributed by atoms with van der Waals surface area (Å²) in [5.74, 6) is -0.513. The van der Waals surface area contributed by atoms with Crippen molar-refractivity contribution in [2.45, 2.75) is 38.5 Å². The first-order valence-electron chi connectivity index (χ1n) is 7.56. The maximum Gasteiger partial charge on any atom is 0.229 e. The molecule has 1 aliphatic rings. The minimum atomic E-state index is -0.236. The monoisotopic (exact) mass is 319 g/mol. The van der Waals surface area contributed by atoms with Crippen LogP contribution in [0.15, 0.2) is 24.3 Å². The number of carbonyl (C=O) groups is 1. The first-order valence-corrected chi connectivity index (χ1v) is 8.38. The van der Waals surface area contributed by atoms with Crippen molar-refractivity contribution in [2.75, 3.05) is 5.32 Å². The van der Waals surface area contributed by atoms with E-state index in [-0.39, 0.29) is 23.6 Å². The van der Waals surface area contributed by atoms with Crippen molar-refractivity contribution in [1.29, 1.82) is 0 Å². The Hall–Kier alpha value is -1.82. The summed E-state index contributed by atoms with van der Waals surface area (Å²) in [5.41, 5.74) is 0.628. The molecule has 22 heavy (non-hydrogen) atoms. The number of hydrogen-bond donors (Lipinski definition) is 1. The number of anilines is 1. The zero-order valence-corrected chi connectivity index (χ0v) is 13.2. The van der Waals surface area contributed by atoms with Crippen LogP contribution in [-0.4, -0.2) is 16.1 Å². The number of aryl methyl sites for hydroxylation is 1. The summed E-state index contributed by atoms with van der Waals surface area (Å²) in [5, 5.41) is 12.4. The number of hydrogen-bond acceptors (Lipinski definition) is 4. The van der Waals surface area contributed by atoms with Gasteiger partial charge in [0.15, 0.2) is 0 Å². The van der Waals surface area contributed by atoms with Crippen molar-refractivity contribution in [3.05, 3.63) is 40.7 Å². The minimum Gasteiger partial charge on any atom is -0.300 e. The van der Waals surface area contributed by atoms with Crippen LogP contribution in [0.5, 0.6) is 0 Å². The Morgan fingerprint density at radius 2 is 2.23 bits per heavy atom. The Bertz CT molecular complexity index is 673. The van der Waals surface area contributed by atoms with E-state index in [0.29, 0.717) is 17.1 Å². The Balaban J connectivity index is 1.57. The van der Waals surface area contributed by atoms with Gasteiger partial charge in [0.05, 0.1) is 0 Å². The molecule has 1 amide bonds. The number of aromatic nitrogens is 2. The van der Waals surface area contributed by atoms with E-state index in [4.69, 9.17) is 0 Å². The highest BCUT2D eigenvalue weighted by Gasteiger charge is 2.45. The molecular formula is C16H18FN3OS. The van der Waals surface area contributed by atoms with Crippen LogP contribution in [0.4, 0.5) is 9.52 Å². The quantitative estimate of drug-likeness (QED) is 0.882. The van der Waals surface area contributed by atoms with Crippen molar-refractivity contribution in [3.63, 3.8) is 0 Å². The van der Waals surface area contributed by atoms with E-state index in [9.17, 15) is 9.18 Å². The average Bonchev–Trinajstić information content (AvgIpc) is 3.19. The average molecular weight is 319 g/mol. The van der Waals surface area contributed by atoms with Gasteiger partial charge in [-0.1, -0.05) is 42.9 Å². The second-order valence-electron chi connectivity index (χ2n) is 5.56. The van der Waals surface area contributed by atoms with E-state index in [0.717, 1.165) is 24.3 Å². The Morgan fingerprint density at radius 3 is 3.00 bits per heavy atom. The molecule has 2 atom stereocenters. The summed E-state index contributed by atoms with van der Waals surface area (Å²) in [6.07, 6.45) is 3.76. The minimum absolute atomic E-state index is 0.0197. The predicted octanol–water partition coefficient (Wildman–Crippen LogP) is 3.76. The predicted molar refractivity (Wildman–Crippen MR) is 84.4 cm³/mol. The zero-order chi connectivity index (χ0) is 15.5. The number of nitrogens with one attached hydrogen (secondary N) is 1. The summed E-state index contributed by atoms with van der Waals surface area (Å²) in [4.78, 5) is 12.2. The number of nitrogens with zero attached hydrogens (tertiary/aromatic N) is 2. The number of amides is 1. The standard InChI is InChI=1S/C16H18FN3OS/c1-2-3-8-14-19-20-16(22-14)18-15(21)12-9-11(12)10-6-4-5-7-13(10)17/h4-7,11-12H,2-3,8-9H2,1H3,(H,18,20,21). The van der Waals surface area contributed by atoms with E-state index in [2.05, 4.69) is 22.4 Å². The molecule has 1 aromatic carbocycles. The van der Waals surface area contributed by atoms with Crippen molar-refractivity contribution in [3.8, 4) is 0 Å². The van der Waals surface area contributed by atoms with Gasteiger partial charge in [-0.05, 0) is 30.4 Å². The van der Waals surface area contributed by atoms with Gasteiger partial charge >= 0.3 is 0 Å². The van der Waals surface area contributed by atoms with Crippen LogP contribution >= 0.6 is 11.3 Å². The van der Waals surface area contributed by atoms with Gasteiger partial charge in [0.2, 0.25) is 11.0 Å². The van der Waals surface area contributed by atoms with Gasteiger partial charge in [-0.2, -0.15) is 0 Å². The smallest absolute Gasteiger partial charge is 0.229 e. The fraction of sp³-hybridized carbons (Fsp3) is 0.438. The third-order valence-electron chi connectivity index (χ3n) is 3.87. The third-order valence-corrected chi connectivity index (χ3v) is 4.77. The van der Waals surface area contributed by atoms with Crippen LogP contribution in [-0.2, 0) is 11.2 Å². The second kappa shape index (κ2) is 6.52. The zero-order valence-electron chi connectivity index (χ0n) is 12.4. The molecule has 2 unspecified atom stereocenters. The maximum absolute atomic E-state index is 13.7. The Kier molecular flexibility index (Phi) is 4.47. The van der Waals surface area contributed by atoms with Crippen LogP contribution in [0.1, 0.15) is 42.7 Å². The van der Waals surface area contributed by atoms with Crippen molar-refractivity contribution < 1.29 is 9.18 Å². The van der Waals surface area contributed by atoms with Gasteiger partial charge in [0, 0.05) is 12.3 Å². The fourth-order valence-corrected chi connectivity index (χ4v) is 3.32. The SMILES string of the molecule is CCCCc1nnc(NC(=O)C2CC2c2ccccc2F)s1. The van der Waals surface area contributed by atoms with E-state index < -0.39 is 0 Å². The van der Waals surface area contributed by atoms with Gasteiger partial charge < -0.3 is 5.32 Å². The first kappa shape index (κ1) is 15.1. The lowest BCUT2D eigenvalue weighted by molar-refractivity contribution is -0.117. The van der Waals surface area contributed by atoms with E-state index in [1.165, 1.54) is 17.4 Å². The molecule has 1 fully saturated rings. The summed E-state index contributed by atoms with van der Waals surface area (Å²) in [7, 11) is 0.